The van der Waals surface area contributed by atoms with Gasteiger partial charge in [-0.3, -0.25) is 9.78 Å². The van der Waals surface area contributed by atoms with Crippen LogP contribution >= 0.6 is 0 Å². The van der Waals surface area contributed by atoms with E-state index < -0.39 is 5.91 Å². The molecule has 0 atom stereocenters. The minimum absolute atomic E-state index is 0.301. The molecule has 88 valence electrons. The molecule has 1 amide bonds. The number of primary amides is 1. The fourth-order valence-corrected chi connectivity index (χ4v) is 1.51. The van der Waals surface area contributed by atoms with Crippen molar-refractivity contribution in [2.24, 2.45) is 11.7 Å². The van der Waals surface area contributed by atoms with Crippen LogP contribution in [0.2, 0.25) is 0 Å². The topological polar surface area (TPSA) is 68.0 Å². The molecule has 0 saturated heterocycles. The third kappa shape index (κ3) is 3.53. The standard InChI is InChI=1S/C12H19N3O/c1-3-9(4-2)8-15-10-5-6-14-11(7-10)12(13)16/h5-7,9H,3-4,8H2,1-2H3,(H2,13,16)(H,14,15). The van der Waals surface area contributed by atoms with E-state index in [2.05, 4.69) is 24.1 Å². The summed E-state index contributed by atoms with van der Waals surface area (Å²) in [6, 6.07) is 3.53. The number of hydrogen-bond donors (Lipinski definition) is 2. The van der Waals surface area contributed by atoms with Crippen LogP contribution in [-0.2, 0) is 0 Å². The smallest absolute Gasteiger partial charge is 0.267 e. The van der Waals surface area contributed by atoms with Gasteiger partial charge in [0, 0.05) is 18.4 Å². The molecule has 4 heteroatoms. The lowest BCUT2D eigenvalue weighted by atomic mass is 10.0. The molecule has 0 unspecified atom stereocenters. The Balaban J connectivity index is 2.60. The Morgan fingerprint density at radius 1 is 1.50 bits per heavy atom. The van der Waals surface area contributed by atoms with Gasteiger partial charge >= 0.3 is 0 Å². The number of hydrogen-bond acceptors (Lipinski definition) is 3. The third-order valence-corrected chi connectivity index (χ3v) is 2.76. The largest absolute Gasteiger partial charge is 0.385 e. The molecular weight excluding hydrogens is 202 g/mol. The Bertz CT molecular complexity index is 348. The van der Waals surface area contributed by atoms with Crippen LogP contribution in [0.4, 0.5) is 5.69 Å². The maximum atomic E-state index is 10.9. The van der Waals surface area contributed by atoms with Crippen molar-refractivity contribution in [3.63, 3.8) is 0 Å². The van der Waals surface area contributed by atoms with E-state index >= 15 is 0 Å². The number of carbonyl (C=O) groups excluding carboxylic acids is 1. The second-order valence-corrected chi connectivity index (χ2v) is 3.86. The van der Waals surface area contributed by atoms with Gasteiger partial charge in [0.05, 0.1) is 0 Å². The second kappa shape index (κ2) is 6.10. The summed E-state index contributed by atoms with van der Waals surface area (Å²) in [5.74, 6) is 0.163. The zero-order chi connectivity index (χ0) is 12.0. The number of aromatic nitrogens is 1. The zero-order valence-electron chi connectivity index (χ0n) is 9.86. The molecule has 4 nitrogen and oxygen atoms in total. The molecule has 3 N–H and O–H groups in total. The highest BCUT2D eigenvalue weighted by molar-refractivity contribution is 5.91. The summed E-state index contributed by atoms with van der Waals surface area (Å²) in [6.07, 6.45) is 3.89. The first-order valence-corrected chi connectivity index (χ1v) is 5.67. The first kappa shape index (κ1) is 12.5. The van der Waals surface area contributed by atoms with E-state index in [0.29, 0.717) is 11.6 Å². The van der Waals surface area contributed by atoms with Gasteiger partial charge in [0.2, 0.25) is 0 Å². The Labute approximate surface area is 96.3 Å². The second-order valence-electron chi connectivity index (χ2n) is 3.86. The van der Waals surface area contributed by atoms with Crippen molar-refractivity contribution in [3.8, 4) is 0 Å². The van der Waals surface area contributed by atoms with Crippen molar-refractivity contribution in [2.75, 3.05) is 11.9 Å². The minimum Gasteiger partial charge on any atom is -0.385 e. The summed E-state index contributed by atoms with van der Waals surface area (Å²) in [6.45, 7) is 5.27. The predicted octanol–water partition coefficient (Wildman–Crippen LogP) is 2.03. The van der Waals surface area contributed by atoms with E-state index in [1.165, 1.54) is 0 Å². The molecule has 0 aliphatic heterocycles. The molecule has 0 aliphatic carbocycles. The minimum atomic E-state index is -0.494. The number of nitrogens with one attached hydrogen (secondary N) is 1. The average molecular weight is 221 g/mol. The van der Waals surface area contributed by atoms with Crippen molar-refractivity contribution in [1.82, 2.24) is 4.98 Å². The molecule has 1 rings (SSSR count). The van der Waals surface area contributed by atoms with E-state index in [0.717, 1.165) is 25.1 Å². The summed E-state index contributed by atoms with van der Waals surface area (Å²) < 4.78 is 0. The summed E-state index contributed by atoms with van der Waals surface area (Å²) in [5, 5.41) is 3.29. The number of rotatable bonds is 6. The number of amides is 1. The highest BCUT2D eigenvalue weighted by Crippen LogP contribution is 2.12. The monoisotopic (exact) mass is 221 g/mol. The van der Waals surface area contributed by atoms with Gasteiger partial charge in [0.1, 0.15) is 5.69 Å². The molecule has 0 spiro atoms. The highest BCUT2D eigenvalue weighted by atomic mass is 16.1. The van der Waals surface area contributed by atoms with E-state index in [-0.39, 0.29) is 0 Å². The molecular formula is C12H19N3O. The lowest BCUT2D eigenvalue weighted by Crippen LogP contribution is -2.15. The molecule has 0 fully saturated rings. The van der Waals surface area contributed by atoms with Gasteiger partial charge in [-0.05, 0) is 18.1 Å². The average Bonchev–Trinajstić information content (AvgIpc) is 2.31. The first-order valence-electron chi connectivity index (χ1n) is 5.67. The molecule has 1 aromatic heterocycles. The number of anilines is 1. The Kier molecular flexibility index (Phi) is 4.76. The number of nitrogens with two attached hydrogens (primary N) is 1. The lowest BCUT2D eigenvalue weighted by Gasteiger charge is -2.14. The van der Waals surface area contributed by atoms with Crippen LogP contribution in [-0.4, -0.2) is 17.4 Å². The number of carbonyl (C=O) groups is 1. The summed E-state index contributed by atoms with van der Waals surface area (Å²) in [4.78, 5) is 14.8. The predicted molar refractivity (Wildman–Crippen MR) is 65.3 cm³/mol. The van der Waals surface area contributed by atoms with Crippen LogP contribution in [0.25, 0.3) is 0 Å². The maximum absolute atomic E-state index is 10.9. The van der Waals surface area contributed by atoms with Crippen LogP contribution in [0.3, 0.4) is 0 Å². The molecule has 1 aromatic rings. The van der Waals surface area contributed by atoms with E-state index in [4.69, 9.17) is 5.73 Å². The van der Waals surface area contributed by atoms with Crippen molar-refractivity contribution in [3.05, 3.63) is 24.0 Å². The van der Waals surface area contributed by atoms with Gasteiger partial charge in [0.15, 0.2) is 0 Å². The quantitative estimate of drug-likeness (QED) is 0.772. The number of pyridine rings is 1. The SMILES string of the molecule is CCC(CC)CNc1ccnc(C(N)=O)c1. The zero-order valence-corrected chi connectivity index (χ0v) is 9.86. The van der Waals surface area contributed by atoms with E-state index in [1.54, 1.807) is 12.3 Å². The number of nitrogens with zero attached hydrogens (tertiary/aromatic N) is 1. The Morgan fingerprint density at radius 3 is 2.75 bits per heavy atom. The van der Waals surface area contributed by atoms with Crippen molar-refractivity contribution in [2.45, 2.75) is 26.7 Å². The van der Waals surface area contributed by atoms with Crippen molar-refractivity contribution >= 4 is 11.6 Å². The van der Waals surface area contributed by atoms with Crippen LogP contribution < -0.4 is 11.1 Å². The fraction of sp³-hybridized carbons (Fsp3) is 0.500. The van der Waals surface area contributed by atoms with Gasteiger partial charge in [-0.25, -0.2) is 0 Å². The Hall–Kier alpha value is -1.58. The molecule has 0 aromatic carbocycles. The summed E-state index contributed by atoms with van der Waals surface area (Å²) in [7, 11) is 0. The van der Waals surface area contributed by atoms with Gasteiger partial charge in [-0.15, -0.1) is 0 Å². The van der Waals surface area contributed by atoms with Crippen LogP contribution in [0, 0.1) is 5.92 Å². The normalized spacial score (nSPS) is 10.4. The summed E-state index contributed by atoms with van der Waals surface area (Å²) >= 11 is 0. The van der Waals surface area contributed by atoms with Crippen LogP contribution in [0.15, 0.2) is 18.3 Å². The molecule has 0 radical (unpaired) electrons. The first-order chi connectivity index (χ1) is 7.67. The van der Waals surface area contributed by atoms with Gasteiger partial charge in [0.25, 0.3) is 5.91 Å². The van der Waals surface area contributed by atoms with E-state index in [9.17, 15) is 4.79 Å². The van der Waals surface area contributed by atoms with Crippen LogP contribution in [0.5, 0.6) is 0 Å². The third-order valence-electron chi connectivity index (χ3n) is 2.76. The summed E-state index contributed by atoms with van der Waals surface area (Å²) in [5.41, 5.74) is 6.36. The molecule has 1 heterocycles. The van der Waals surface area contributed by atoms with Gasteiger partial charge < -0.3 is 11.1 Å². The lowest BCUT2D eigenvalue weighted by molar-refractivity contribution is 0.0995. The highest BCUT2D eigenvalue weighted by Gasteiger charge is 2.05. The Morgan fingerprint density at radius 2 is 2.19 bits per heavy atom. The van der Waals surface area contributed by atoms with Gasteiger partial charge in [-0.1, -0.05) is 26.7 Å². The molecule has 0 aliphatic rings. The molecule has 16 heavy (non-hydrogen) atoms. The molecule has 0 saturated carbocycles. The van der Waals surface area contributed by atoms with Crippen molar-refractivity contribution in [1.29, 1.82) is 0 Å². The maximum Gasteiger partial charge on any atom is 0.267 e. The van der Waals surface area contributed by atoms with Crippen LogP contribution in [0.1, 0.15) is 37.2 Å². The van der Waals surface area contributed by atoms with Gasteiger partial charge in [-0.2, -0.15) is 0 Å². The van der Waals surface area contributed by atoms with E-state index in [1.807, 2.05) is 6.07 Å². The fourth-order valence-electron chi connectivity index (χ4n) is 1.51. The van der Waals surface area contributed by atoms with Crippen molar-refractivity contribution < 1.29 is 4.79 Å². The molecule has 0 bridgehead atoms.